The van der Waals surface area contributed by atoms with Crippen molar-refractivity contribution in [3.05, 3.63) is 71.1 Å². The fraction of sp³-hybridized carbons (Fsp3) is 0.136. The monoisotopic (exact) mass is 521 g/mol. The van der Waals surface area contributed by atoms with Crippen LogP contribution in [0.25, 0.3) is 21.1 Å². The molecule has 0 aliphatic heterocycles. The third-order valence-corrected chi connectivity index (χ3v) is 6.98. The highest BCUT2D eigenvalue weighted by molar-refractivity contribution is 7.99. The van der Waals surface area contributed by atoms with Gasteiger partial charge in [-0.15, -0.1) is 21.5 Å². The summed E-state index contributed by atoms with van der Waals surface area (Å²) in [6.45, 7) is 1.89. The molecule has 0 unspecified atom stereocenters. The lowest BCUT2D eigenvalue weighted by Gasteiger charge is -2.11. The van der Waals surface area contributed by atoms with E-state index in [2.05, 4.69) is 25.5 Å². The third-order valence-electron chi connectivity index (χ3n) is 4.50. The SMILES string of the molecule is Cc1nc(-c2cccnc2)sc1-c1ccc(SCC(=O)Nc2cc(C(F)(F)F)ccc2Cl)nn1. The predicted octanol–water partition coefficient (Wildman–Crippen LogP) is 6.37. The molecule has 0 saturated heterocycles. The number of aryl methyl sites for hydroxylation is 1. The van der Waals surface area contributed by atoms with Gasteiger partial charge in [-0.2, -0.15) is 13.2 Å². The van der Waals surface area contributed by atoms with Crippen molar-refractivity contribution in [1.82, 2.24) is 20.2 Å². The summed E-state index contributed by atoms with van der Waals surface area (Å²) in [5, 5.41) is 12.1. The molecule has 0 saturated carbocycles. The van der Waals surface area contributed by atoms with Crippen LogP contribution in [0, 0.1) is 6.92 Å². The summed E-state index contributed by atoms with van der Waals surface area (Å²) in [5.74, 6) is -0.595. The molecule has 0 aliphatic rings. The first-order chi connectivity index (χ1) is 16.2. The number of carbonyl (C=O) groups is 1. The lowest BCUT2D eigenvalue weighted by molar-refractivity contribution is -0.137. The number of amides is 1. The molecule has 174 valence electrons. The second-order valence-corrected chi connectivity index (χ2v) is 9.36. The summed E-state index contributed by atoms with van der Waals surface area (Å²) >= 11 is 8.50. The highest BCUT2D eigenvalue weighted by Crippen LogP contribution is 2.35. The van der Waals surface area contributed by atoms with Crippen molar-refractivity contribution in [2.45, 2.75) is 18.1 Å². The molecule has 0 atom stereocenters. The van der Waals surface area contributed by atoms with Gasteiger partial charge in [-0.05, 0) is 49.4 Å². The Kier molecular flexibility index (Phi) is 7.15. The molecular formula is C22H15ClF3N5OS2. The number of hydrogen-bond acceptors (Lipinski definition) is 7. The number of nitrogens with one attached hydrogen (secondary N) is 1. The van der Waals surface area contributed by atoms with Gasteiger partial charge in [0.1, 0.15) is 15.7 Å². The normalized spacial score (nSPS) is 11.4. The van der Waals surface area contributed by atoms with Crippen molar-refractivity contribution in [3.63, 3.8) is 0 Å². The molecule has 0 radical (unpaired) electrons. The van der Waals surface area contributed by atoms with Crippen LogP contribution in [0.5, 0.6) is 0 Å². The molecule has 0 aliphatic carbocycles. The van der Waals surface area contributed by atoms with Gasteiger partial charge in [-0.1, -0.05) is 23.4 Å². The molecule has 0 fully saturated rings. The molecule has 1 aromatic carbocycles. The topological polar surface area (TPSA) is 80.7 Å². The Morgan fingerprint density at radius 1 is 1.18 bits per heavy atom. The van der Waals surface area contributed by atoms with E-state index in [9.17, 15) is 18.0 Å². The fourth-order valence-corrected chi connectivity index (χ4v) is 4.69. The third kappa shape index (κ3) is 5.72. The number of anilines is 1. The molecule has 0 spiro atoms. The molecule has 1 amide bonds. The van der Waals surface area contributed by atoms with E-state index in [1.807, 2.05) is 19.1 Å². The molecule has 6 nitrogen and oxygen atoms in total. The van der Waals surface area contributed by atoms with Gasteiger partial charge in [0.15, 0.2) is 0 Å². The van der Waals surface area contributed by atoms with Gasteiger partial charge in [0.2, 0.25) is 5.91 Å². The van der Waals surface area contributed by atoms with Gasteiger partial charge in [0, 0.05) is 18.0 Å². The number of pyridine rings is 1. The summed E-state index contributed by atoms with van der Waals surface area (Å²) in [4.78, 5) is 21.8. The maximum Gasteiger partial charge on any atom is 0.416 e. The van der Waals surface area contributed by atoms with Crippen LogP contribution in [0.2, 0.25) is 5.02 Å². The maximum absolute atomic E-state index is 12.9. The average molecular weight is 522 g/mol. The van der Waals surface area contributed by atoms with E-state index in [1.54, 1.807) is 24.5 Å². The second kappa shape index (κ2) is 10.1. The molecule has 12 heteroatoms. The maximum atomic E-state index is 12.9. The first-order valence-corrected chi connectivity index (χ1v) is 11.9. The van der Waals surface area contributed by atoms with Crippen LogP contribution in [-0.4, -0.2) is 31.8 Å². The lowest BCUT2D eigenvalue weighted by atomic mass is 10.2. The van der Waals surface area contributed by atoms with Crippen molar-refractivity contribution in [2.24, 2.45) is 0 Å². The molecule has 34 heavy (non-hydrogen) atoms. The number of aromatic nitrogens is 4. The van der Waals surface area contributed by atoms with E-state index in [0.29, 0.717) is 10.7 Å². The number of thiazole rings is 1. The Morgan fingerprint density at radius 3 is 2.68 bits per heavy atom. The zero-order valence-electron chi connectivity index (χ0n) is 17.4. The molecule has 3 heterocycles. The predicted molar refractivity (Wildman–Crippen MR) is 127 cm³/mol. The number of thioether (sulfide) groups is 1. The Hall–Kier alpha value is -3.02. The van der Waals surface area contributed by atoms with Crippen molar-refractivity contribution in [2.75, 3.05) is 11.1 Å². The summed E-state index contributed by atoms with van der Waals surface area (Å²) in [6, 6.07) is 10.0. The van der Waals surface area contributed by atoms with Crippen LogP contribution < -0.4 is 5.32 Å². The molecule has 4 aromatic rings. The second-order valence-electron chi connectivity index (χ2n) is 6.96. The molecular weight excluding hydrogens is 507 g/mol. The Bertz CT molecular complexity index is 1310. The van der Waals surface area contributed by atoms with Crippen LogP contribution in [0.3, 0.4) is 0 Å². The Morgan fingerprint density at radius 2 is 2.00 bits per heavy atom. The minimum absolute atomic E-state index is 0.0149. The highest BCUT2D eigenvalue weighted by Gasteiger charge is 2.31. The van der Waals surface area contributed by atoms with Crippen molar-refractivity contribution < 1.29 is 18.0 Å². The zero-order valence-corrected chi connectivity index (χ0v) is 19.8. The quantitative estimate of drug-likeness (QED) is 0.297. The summed E-state index contributed by atoms with van der Waals surface area (Å²) in [6.07, 6.45) is -1.10. The van der Waals surface area contributed by atoms with E-state index in [4.69, 9.17) is 11.6 Å². The first kappa shape index (κ1) is 24.1. The fourth-order valence-electron chi connectivity index (χ4n) is 2.89. The summed E-state index contributed by atoms with van der Waals surface area (Å²) in [5.41, 5.74) is 1.37. The van der Waals surface area contributed by atoms with Gasteiger partial charge in [0.25, 0.3) is 0 Å². The number of nitrogens with zero attached hydrogens (tertiary/aromatic N) is 4. The Balaban J connectivity index is 1.40. The minimum Gasteiger partial charge on any atom is -0.324 e. The van der Waals surface area contributed by atoms with Gasteiger partial charge in [-0.25, -0.2) is 4.98 Å². The highest BCUT2D eigenvalue weighted by atomic mass is 35.5. The summed E-state index contributed by atoms with van der Waals surface area (Å²) < 4.78 is 38.7. The molecule has 1 N–H and O–H groups in total. The largest absolute Gasteiger partial charge is 0.416 e. The van der Waals surface area contributed by atoms with E-state index in [1.165, 1.54) is 11.3 Å². The van der Waals surface area contributed by atoms with Gasteiger partial charge in [-0.3, -0.25) is 9.78 Å². The smallest absolute Gasteiger partial charge is 0.324 e. The van der Waals surface area contributed by atoms with Crippen LogP contribution in [-0.2, 0) is 11.0 Å². The molecule has 0 bridgehead atoms. The number of carbonyl (C=O) groups excluding carboxylic acids is 1. The minimum atomic E-state index is -4.54. The van der Waals surface area contributed by atoms with Gasteiger partial charge < -0.3 is 5.32 Å². The lowest BCUT2D eigenvalue weighted by Crippen LogP contribution is -2.15. The number of halogens is 4. The summed E-state index contributed by atoms with van der Waals surface area (Å²) in [7, 11) is 0. The van der Waals surface area contributed by atoms with E-state index < -0.39 is 17.6 Å². The van der Waals surface area contributed by atoms with Gasteiger partial charge in [0.05, 0.1) is 32.6 Å². The zero-order chi connectivity index (χ0) is 24.3. The molecule has 4 rings (SSSR count). The van der Waals surface area contributed by atoms with Crippen LogP contribution in [0.4, 0.5) is 18.9 Å². The van der Waals surface area contributed by atoms with Gasteiger partial charge >= 0.3 is 6.18 Å². The number of rotatable bonds is 6. The van der Waals surface area contributed by atoms with Crippen LogP contribution in [0.15, 0.2) is 59.9 Å². The molecule has 3 aromatic heterocycles. The van der Waals surface area contributed by atoms with E-state index in [0.717, 1.165) is 51.1 Å². The number of hydrogen-bond donors (Lipinski definition) is 1. The van der Waals surface area contributed by atoms with Crippen molar-refractivity contribution in [3.8, 4) is 21.1 Å². The number of alkyl halides is 3. The van der Waals surface area contributed by atoms with Crippen molar-refractivity contribution in [1.29, 1.82) is 0 Å². The standard InChI is InChI=1S/C22H15ClF3N5OS2/c1-12-20(34-21(28-12)13-3-2-8-27-10-13)16-6-7-19(31-30-16)33-11-18(32)29-17-9-14(22(24,25)26)4-5-15(17)23/h2-10H,11H2,1H3,(H,29,32). The van der Waals surface area contributed by atoms with Crippen molar-refractivity contribution >= 4 is 46.3 Å². The van der Waals surface area contributed by atoms with E-state index >= 15 is 0 Å². The first-order valence-electron chi connectivity index (χ1n) is 9.72. The Labute approximate surface area is 205 Å². The number of benzene rings is 1. The van der Waals surface area contributed by atoms with Crippen LogP contribution >= 0.6 is 34.7 Å². The van der Waals surface area contributed by atoms with E-state index in [-0.39, 0.29) is 16.5 Å². The van der Waals surface area contributed by atoms with Crippen LogP contribution in [0.1, 0.15) is 11.3 Å². The average Bonchev–Trinajstić information content (AvgIpc) is 3.21.